The van der Waals surface area contributed by atoms with E-state index >= 15 is 0 Å². The number of methoxy groups -OCH3 is 1. The van der Waals surface area contributed by atoms with Crippen molar-refractivity contribution < 1.29 is 9.53 Å². The molecule has 1 amide bonds. The molecule has 2 aliphatic heterocycles. The lowest BCUT2D eigenvalue weighted by atomic mass is 9.89. The summed E-state index contributed by atoms with van der Waals surface area (Å²) >= 11 is 0. The Bertz CT molecular complexity index is 819. The number of carbonyl (C=O) groups excluding carboxylic acids is 1. The van der Waals surface area contributed by atoms with Crippen molar-refractivity contribution in [2.24, 2.45) is 7.05 Å². The number of piperazine rings is 1. The van der Waals surface area contributed by atoms with Gasteiger partial charge in [-0.25, -0.2) is 4.68 Å². The molecule has 1 aromatic heterocycles. The summed E-state index contributed by atoms with van der Waals surface area (Å²) in [6.07, 6.45) is 1.71. The third-order valence-electron chi connectivity index (χ3n) is 5.95. The number of aromatic nitrogens is 3. The van der Waals surface area contributed by atoms with Crippen LogP contribution >= 0.6 is 0 Å². The van der Waals surface area contributed by atoms with Gasteiger partial charge < -0.3 is 14.5 Å². The first-order valence-electron chi connectivity index (χ1n) is 9.70. The number of hydrogen-bond acceptors (Lipinski definition) is 6. The van der Waals surface area contributed by atoms with Crippen molar-refractivity contribution in [3.8, 4) is 0 Å². The molecule has 0 bridgehead atoms. The Morgan fingerprint density at radius 2 is 1.79 bits per heavy atom. The van der Waals surface area contributed by atoms with Gasteiger partial charge in [-0.15, -0.1) is 5.10 Å². The van der Waals surface area contributed by atoms with E-state index in [4.69, 9.17) is 4.74 Å². The average Bonchev–Trinajstić information content (AvgIpc) is 3.10. The minimum Gasteiger partial charge on any atom is -0.368 e. The second-order valence-corrected chi connectivity index (χ2v) is 7.88. The van der Waals surface area contributed by atoms with Crippen molar-refractivity contribution in [1.82, 2.24) is 29.7 Å². The molecule has 0 aliphatic carbocycles. The Hall–Kier alpha value is -2.29. The first kappa shape index (κ1) is 19.0. The van der Waals surface area contributed by atoms with Crippen LogP contribution in [0, 0.1) is 0 Å². The predicted octanol–water partition coefficient (Wildman–Crippen LogP) is 0.560. The van der Waals surface area contributed by atoms with Gasteiger partial charge in [0.25, 0.3) is 5.91 Å². The molecule has 4 rings (SSSR count). The van der Waals surface area contributed by atoms with Crippen LogP contribution in [0.15, 0.2) is 30.5 Å². The number of amides is 1. The minimum atomic E-state index is -0.519. The zero-order valence-corrected chi connectivity index (χ0v) is 16.8. The van der Waals surface area contributed by atoms with E-state index < -0.39 is 5.60 Å². The maximum atomic E-state index is 12.8. The molecule has 1 aromatic carbocycles. The smallest absolute Gasteiger partial charge is 0.254 e. The number of benzene rings is 1. The lowest BCUT2D eigenvalue weighted by Gasteiger charge is -2.48. The van der Waals surface area contributed by atoms with Crippen LogP contribution in [0.4, 0.5) is 0 Å². The number of rotatable bonds is 5. The van der Waals surface area contributed by atoms with Crippen molar-refractivity contribution >= 4 is 5.91 Å². The highest BCUT2D eigenvalue weighted by molar-refractivity contribution is 5.95. The fourth-order valence-electron chi connectivity index (χ4n) is 4.01. The quantitative estimate of drug-likeness (QED) is 0.751. The van der Waals surface area contributed by atoms with Gasteiger partial charge in [0.1, 0.15) is 5.60 Å². The van der Waals surface area contributed by atoms with Crippen molar-refractivity contribution in [3.63, 3.8) is 0 Å². The van der Waals surface area contributed by atoms with E-state index in [1.54, 1.807) is 18.0 Å². The molecule has 0 radical (unpaired) electrons. The molecule has 8 nitrogen and oxygen atoms in total. The molecule has 8 heteroatoms. The predicted molar refractivity (Wildman–Crippen MR) is 105 cm³/mol. The van der Waals surface area contributed by atoms with Crippen LogP contribution in [0.1, 0.15) is 21.6 Å². The van der Waals surface area contributed by atoms with Gasteiger partial charge in [0, 0.05) is 52.4 Å². The van der Waals surface area contributed by atoms with Crippen LogP contribution in [0.5, 0.6) is 0 Å². The summed E-state index contributed by atoms with van der Waals surface area (Å²) in [6, 6.07) is 8.01. The van der Waals surface area contributed by atoms with Crippen LogP contribution in [-0.4, -0.2) is 89.0 Å². The largest absolute Gasteiger partial charge is 0.368 e. The maximum Gasteiger partial charge on any atom is 0.254 e. The number of hydrogen-bond donors (Lipinski definition) is 0. The summed E-state index contributed by atoms with van der Waals surface area (Å²) in [5, 5.41) is 7.91. The highest BCUT2D eigenvalue weighted by Gasteiger charge is 2.49. The van der Waals surface area contributed by atoms with Crippen LogP contribution in [0.3, 0.4) is 0 Å². The van der Waals surface area contributed by atoms with E-state index in [0.29, 0.717) is 13.1 Å². The van der Waals surface area contributed by atoms with Gasteiger partial charge in [-0.1, -0.05) is 17.3 Å². The Morgan fingerprint density at radius 3 is 2.36 bits per heavy atom. The molecule has 2 aliphatic rings. The zero-order chi connectivity index (χ0) is 19.7. The lowest BCUT2D eigenvalue weighted by molar-refractivity contribution is -0.119. The Balaban J connectivity index is 1.36. The van der Waals surface area contributed by atoms with Crippen LogP contribution in [0.25, 0.3) is 0 Å². The van der Waals surface area contributed by atoms with Gasteiger partial charge in [0.05, 0.1) is 25.0 Å². The van der Waals surface area contributed by atoms with E-state index in [1.165, 1.54) is 5.56 Å². The molecule has 0 unspecified atom stereocenters. The van der Waals surface area contributed by atoms with Gasteiger partial charge in [-0.3, -0.25) is 9.69 Å². The summed E-state index contributed by atoms with van der Waals surface area (Å²) in [6.45, 7) is 6.35. The van der Waals surface area contributed by atoms with Crippen molar-refractivity contribution in [3.05, 3.63) is 47.3 Å². The van der Waals surface area contributed by atoms with E-state index in [1.807, 2.05) is 24.1 Å². The molecule has 0 atom stereocenters. The van der Waals surface area contributed by atoms with Crippen LogP contribution < -0.4 is 0 Å². The third-order valence-corrected chi connectivity index (χ3v) is 5.95. The molecule has 2 aromatic rings. The lowest BCUT2D eigenvalue weighted by Crippen LogP contribution is -2.62. The second-order valence-electron chi connectivity index (χ2n) is 7.88. The zero-order valence-electron chi connectivity index (χ0n) is 16.8. The first-order chi connectivity index (χ1) is 13.5. The summed E-state index contributed by atoms with van der Waals surface area (Å²) in [4.78, 5) is 19.5. The van der Waals surface area contributed by atoms with Gasteiger partial charge in [-0.2, -0.15) is 0 Å². The first-order valence-corrected chi connectivity index (χ1v) is 9.70. The number of ether oxygens (including phenoxy) is 1. The number of nitrogens with zero attached hydrogens (tertiary/aromatic N) is 6. The van der Waals surface area contributed by atoms with E-state index in [0.717, 1.165) is 44.0 Å². The van der Waals surface area contributed by atoms with Crippen molar-refractivity contribution in [2.45, 2.75) is 12.1 Å². The minimum absolute atomic E-state index is 0.0361. The monoisotopic (exact) mass is 384 g/mol. The SMILES string of the molecule is COC1(c2cnnn2C)CN(C(=O)c2ccc(CN3CCN(C)CC3)cc2)C1. The van der Waals surface area contributed by atoms with Crippen LogP contribution in [0.2, 0.25) is 0 Å². The summed E-state index contributed by atoms with van der Waals surface area (Å²) < 4.78 is 7.43. The van der Waals surface area contributed by atoms with Gasteiger partial charge in [0.15, 0.2) is 0 Å². The number of carbonyl (C=O) groups is 1. The fourth-order valence-corrected chi connectivity index (χ4v) is 4.01. The van der Waals surface area contributed by atoms with Gasteiger partial charge >= 0.3 is 0 Å². The molecule has 2 saturated heterocycles. The Labute approximate surface area is 165 Å². The van der Waals surface area contributed by atoms with Crippen molar-refractivity contribution in [1.29, 1.82) is 0 Å². The molecule has 0 saturated carbocycles. The summed E-state index contributed by atoms with van der Waals surface area (Å²) in [5.41, 5.74) is 2.34. The fraction of sp³-hybridized carbons (Fsp3) is 0.550. The molecule has 0 spiro atoms. The summed E-state index contributed by atoms with van der Waals surface area (Å²) in [5.74, 6) is 0.0361. The standard InChI is InChI=1S/C20H28N6O2/c1-23-8-10-25(11-9-23)13-16-4-6-17(7-5-16)19(27)26-14-20(15-26,28-3)18-12-21-22-24(18)2/h4-7,12H,8-11,13-15H2,1-3H3. The maximum absolute atomic E-state index is 12.8. The Morgan fingerprint density at radius 1 is 1.11 bits per heavy atom. The van der Waals surface area contributed by atoms with E-state index in [9.17, 15) is 4.79 Å². The summed E-state index contributed by atoms with van der Waals surface area (Å²) in [7, 11) is 5.67. The topological polar surface area (TPSA) is 66.7 Å². The molecular formula is C20H28N6O2. The number of aryl methyl sites for hydroxylation is 1. The Kier molecular flexibility index (Phi) is 5.18. The van der Waals surface area contributed by atoms with Gasteiger partial charge in [0.2, 0.25) is 0 Å². The number of likely N-dealkylation sites (tertiary alicyclic amines) is 1. The van der Waals surface area contributed by atoms with E-state index in [-0.39, 0.29) is 5.91 Å². The van der Waals surface area contributed by atoms with Crippen molar-refractivity contribution in [2.75, 3.05) is 53.4 Å². The van der Waals surface area contributed by atoms with E-state index in [2.05, 4.69) is 39.3 Å². The second kappa shape index (κ2) is 7.62. The third kappa shape index (κ3) is 3.55. The molecule has 150 valence electrons. The highest BCUT2D eigenvalue weighted by atomic mass is 16.5. The van der Waals surface area contributed by atoms with Gasteiger partial charge in [-0.05, 0) is 24.7 Å². The normalized spacial score (nSPS) is 20.2. The van der Waals surface area contributed by atoms with Crippen LogP contribution in [-0.2, 0) is 23.9 Å². The average molecular weight is 384 g/mol. The molecular weight excluding hydrogens is 356 g/mol. The molecule has 0 N–H and O–H groups in total. The molecule has 28 heavy (non-hydrogen) atoms. The number of likely N-dealkylation sites (N-methyl/N-ethyl adjacent to an activating group) is 1. The molecule has 3 heterocycles. The molecule has 2 fully saturated rings. The highest BCUT2D eigenvalue weighted by Crippen LogP contribution is 2.35.